The Kier molecular flexibility index (Phi) is 4.19. The number of carbonyl (C=O) groups excluding carboxylic acids is 1. The van der Waals surface area contributed by atoms with Crippen molar-refractivity contribution in [3.8, 4) is 17.6 Å². The van der Waals surface area contributed by atoms with Crippen molar-refractivity contribution in [2.24, 2.45) is 5.92 Å². The van der Waals surface area contributed by atoms with Crippen molar-refractivity contribution in [1.29, 1.82) is 0 Å². The summed E-state index contributed by atoms with van der Waals surface area (Å²) in [4.78, 5) is 11.7. The van der Waals surface area contributed by atoms with Crippen molar-refractivity contribution in [3.63, 3.8) is 0 Å². The molecule has 1 aromatic rings. The summed E-state index contributed by atoms with van der Waals surface area (Å²) in [6.07, 6.45) is -5.35. The SMILES string of the molecule is O=C1Nc2c(OC(F)F)cc(Cl)cc2[C@@](C#CC2CC2)(C(F)(F)F)O1. The van der Waals surface area contributed by atoms with Crippen LogP contribution in [0.1, 0.15) is 18.4 Å². The fourth-order valence-corrected chi connectivity index (χ4v) is 2.51. The lowest BCUT2D eigenvalue weighted by molar-refractivity contribution is -0.239. The van der Waals surface area contributed by atoms with E-state index in [1.54, 1.807) is 0 Å². The third kappa shape index (κ3) is 3.31. The van der Waals surface area contributed by atoms with E-state index in [2.05, 4.69) is 15.4 Å². The molecule has 0 aromatic heterocycles. The van der Waals surface area contributed by atoms with Crippen LogP contribution in [0.15, 0.2) is 12.1 Å². The van der Waals surface area contributed by atoms with E-state index in [9.17, 15) is 26.7 Å². The van der Waals surface area contributed by atoms with Crippen LogP contribution in [0.3, 0.4) is 0 Å². The number of fused-ring (bicyclic) bond motifs is 1. The number of benzene rings is 1. The number of hydrogen-bond donors (Lipinski definition) is 1. The van der Waals surface area contributed by atoms with Crippen LogP contribution >= 0.6 is 11.6 Å². The maximum Gasteiger partial charge on any atom is 0.445 e. The second-order valence-corrected chi connectivity index (χ2v) is 5.88. The van der Waals surface area contributed by atoms with Crippen molar-refractivity contribution in [2.75, 3.05) is 5.32 Å². The molecule has 1 aliphatic heterocycles. The summed E-state index contributed by atoms with van der Waals surface area (Å²) < 4.78 is 75.2. The highest BCUT2D eigenvalue weighted by molar-refractivity contribution is 6.31. The Labute approximate surface area is 143 Å². The van der Waals surface area contributed by atoms with Gasteiger partial charge in [-0.15, -0.1) is 0 Å². The van der Waals surface area contributed by atoms with Gasteiger partial charge in [-0.3, -0.25) is 5.32 Å². The van der Waals surface area contributed by atoms with Gasteiger partial charge in [0, 0.05) is 22.6 Å². The molecule has 1 aliphatic carbocycles. The number of anilines is 1. The molecule has 10 heteroatoms. The van der Waals surface area contributed by atoms with Crippen LogP contribution in [-0.2, 0) is 10.3 Å². The smallest absolute Gasteiger partial charge is 0.433 e. The molecule has 0 spiro atoms. The van der Waals surface area contributed by atoms with Gasteiger partial charge in [-0.2, -0.15) is 22.0 Å². The minimum Gasteiger partial charge on any atom is -0.433 e. The zero-order valence-electron chi connectivity index (χ0n) is 12.2. The van der Waals surface area contributed by atoms with Crippen molar-refractivity contribution < 1.29 is 36.2 Å². The molecule has 4 nitrogen and oxygen atoms in total. The summed E-state index contributed by atoms with van der Waals surface area (Å²) in [5, 5.41) is 1.64. The van der Waals surface area contributed by atoms with E-state index in [1.807, 2.05) is 11.2 Å². The van der Waals surface area contributed by atoms with Crippen LogP contribution in [0.2, 0.25) is 5.02 Å². The standard InChI is InChI=1S/C15H9ClF5NO3/c16-8-5-9-11(10(6-8)24-12(17)18)22-13(23)25-14(9,15(19,20)21)4-3-7-1-2-7/h5-7,12H,1-2H2,(H,22,23)/t14-/m0/s1. The number of ether oxygens (including phenoxy) is 2. The van der Waals surface area contributed by atoms with E-state index in [1.165, 1.54) is 0 Å². The molecule has 1 N–H and O–H groups in total. The minimum atomic E-state index is -5.13. The highest BCUT2D eigenvalue weighted by Crippen LogP contribution is 2.51. The Morgan fingerprint density at radius 1 is 1.36 bits per heavy atom. The molecule has 0 bridgehead atoms. The molecule has 134 valence electrons. The fourth-order valence-electron chi connectivity index (χ4n) is 2.30. The lowest BCUT2D eigenvalue weighted by Gasteiger charge is -2.36. The van der Waals surface area contributed by atoms with Crippen LogP contribution in [0.4, 0.5) is 32.4 Å². The van der Waals surface area contributed by atoms with E-state index >= 15 is 0 Å². The van der Waals surface area contributed by atoms with E-state index in [0.29, 0.717) is 12.8 Å². The Balaban J connectivity index is 2.24. The van der Waals surface area contributed by atoms with E-state index in [-0.39, 0.29) is 10.9 Å². The molecule has 0 radical (unpaired) electrons. The van der Waals surface area contributed by atoms with E-state index < -0.39 is 41.5 Å². The lowest BCUT2D eigenvalue weighted by atomic mass is 9.89. The lowest BCUT2D eigenvalue weighted by Crippen LogP contribution is -2.49. The summed E-state index contributed by atoms with van der Waals surface area (Å²) in [5.74, 6) is 3.44. The Morgan fingerprint density at radius 3 is 2.60 bits per heavy atom. The molecule has 1 saturated carbocycles. The minimum absolute atomic E-state index is 0.229. The molecule has 0 unspecified atom stereocenters. The molecule has 0 saturated heterocycles. The zero-order valence-corrected chi connectivity index (χ0v) is 13.0. The largest absolute Gasteiger partial charge is 0.445 e. The van der Waals surface area contributed by atoms with Crippen molar-refractivity contribution in [2.45, 2.75) is 31.2 Å². The monoisotopic (exact) mass is 381 g/mol. The normalized spacial score (nSPS) is 22.4. The van der Waals surface area contributed by atoms with Crippen molar-refractivity contribution >= 4 is 23.4 Å². The molecule has 1 aromatic carbocycles. The van der Waals surface area contributed by atoms with E-state index in [0.717, 1.165) is 12.1 Å². The summed E-state index contributed by atoms with van der Waals surface area (Å²) in [6, 6.07) is 1.72. The number of alkyl halides is 5. The fraction of sp³-hybridized carbons (Fsp3) is 0.400. The van der Waals surface area contributed by atoms with E-state index in [4.69, 9.17) is 11.6 Å². The second kappa shape index (κ2) is 5.95. The molecule has 1 atom stereocenters. The van der Waals surface area contributed by atoms with Crippen molar-refractivity contribution in [1.82, 2.24) is 0 Å². The summed E-state index contributed by atoms with van der Waals surface area (Å²) >= 11 is 5.75. The number of halogens is 6. The Hall–Kier alpha value is -2.21. The van der Waals surface area contributed by atoms with Crippen LogP contribution in [-0.4, -0.2) is 18.9 Å². The third-order valence-electron chi connectivity index (χ3n) is 3.56. The first-order valence-electron chi connectivity index (χ1n) is 7.00. The van der Waals surface area contributed by atoms with Gasteiger partial charge in [0.1, 0.15) is 0 Å². The third-order valence-corrected chi connectivity index (χ3v) is 3.78. The van der Waals surface area contributed by atoms with Gasteiger partial charge in [-0.05, 0) is 24.8 Å². The van der Waals surface area contributed by atoms with Gasteiger partial charge in [0.05, 0.1) is 5.69 Å². The number of rotatable bonds is 2. The maximum absolute atomic E-state index is 13.8. The predicted octanol–water partition coefficient (Wildman–Crippen LogP) is 4.67. The van der Waals surface area contributed by atoms with Gasteiger partial charge in [0.2, 0.25) is 0 Å². The summed E-state index contributed by atoms with van der Waals surface area (Å²) in [7, 11) is 0. The average molecular weight is 382 g/mol. The summed E-state index contributed by atoms with van der Waals surface area (Å²) in [6.45, 7) is -3.33. The summed E-state index contributed by atoms with van der Waals surface area (Å²) in [5.41, 5.74) is -4.64. The Morgan fingerprint density at radius 2 is 2.04 bits per heavy atom. The number of amides is 1. The molecule has 1 amide bonds. The van der Waals surface area contributed by atoms with Gasteiger partial charge < -0.3 is 9.47 Å². The van der Waals surface area contributed by atoms with Crippen LogP contribution in [0, 0.1) is 17.8 Å². The predicted molar refractivity (Wildman–Crippen MR) is 76.4 cm³/mol. The average Bonchev–Trinajstić information content (AvgIpc) is 3.28. The van der Waals surface area contributed by atoms with Crippen LogP contribution < -0.4 is 10.1 Å². The second-order valence-electron chi connectivity index (χ2n) is 5.44. The van der Waals surface area contributed by atoms with Gasteiger partial charge in [0.15, 0.2) is 5.75 Å². The zero-order chi connectivity index (χ0) is 18.4. The van der Waals surface area contributed by atoms with Gasteiger partial charge in [-0.1, -0.05) is 17.5 Å². The first-order chi connectivity index (χ1) is 11.6. The van der Waals surface area contributed by atoms with Crippen LogP contribution in [0.25, 0.3) is 0 Å². The van der Waals surface area contributed by atoms with Crippen molar-refractivity contribution in [3.05, 3.63) is 22.7 Å². The molecule has 25 heavy (non-hydrogen) atoms. The first kappa shape index (κ1) is 17.6. The number of cyclic esters (lactones) is 1. The van der Waals surface area contributed by atoms with Gasteiger partial charge in [-0.25, -0.2) is 4.79 Å². The number of hydrogen-bond acceptors (Lipinski definition) is 3. The topological polar surface area (TPSA) is 47.6 Å². The highest BCUT2D eigenvalue weighted by atomic mass is 35.5. The first-order valence-corrected chi connectivity index (χ1v) is 7.38. The van der Waals surface area contributed by atoms with Gasteiger partial charge in [0.25, 0.3) is 5.60 Å². The maximum atomic E-state index is 13.8. The molecular formula is C15H9ClF5NO3. The molecule has 3 rings (SSSR count). The Bertz CT molecular complexity index is 782. The van der Waals surface area contributed by atoms with Gasteiger partial charge >= 0.3 is 18.9 Å². The number of nitrogens with one attached hydrogen (secondary N) is 1. The molecule has 2 aliphatic rings. The number of carbonyl (C=O) groups is 1. The highest BCUT2D eigenvalue weighted by Gasteiger charge is 2.62. The quantitative estimate of drug-likeness (QED) is 0.598. The molecule has 1 heterocycles. The van der Waals surface area contributed by atoms with Crippen LogP contribution in [0.5, 0.6) is 5.75 Å². The molecular weight excluding hydrogens is 373 g/mol. The molecule has 1 fully saturated rings.